The molecule has 2 aromatic rings. The summed E-state index contributed by atoms with van der Waals surface area (Å²) in [5.74, 6) is -5.21. The topological polar surface area (TPSA) is 50.7 Å². The fourth-order valence-electron chi connectivity index (χ4n) is 1.54. The molecule has 0 bridgehead atoms. The number of carbonyl (C=O) groups is 1. The second-order valence-electron chi connectivity index (χ2n) is 4.19. The van der Waals surface area contributed by atoms with Gasteiger partial charge in [-0.05, 0) is 17.7 Å². The second kappa shape index (κ2) is 7.26. The Morgan fingerprint density at radius 1 is 1.09 bits per heavy atom. The van der Waals surface area contributed by atoms with Crippen molar-refractivity contribution in [2.75, 3.05) is 11.9 Å². The molecule has 0 saturated heterocycles. The van der Waals surface area contributed by atoms with Gasteiger partial charge in [0.15, 0.2) is 24.1 Å². The summed E-state index contributed by atoms with van der Waals surface area (Å²) < 4.78 is 39.0. The lowest BCUT2D eigenvalue weighted by molar-refractivity contribution is -0.120. The molecule has 1 N–H and O–H groups in total. The standard InChI is InChI=1S/C15H11F3N2O2/c16-11-6-7-12(15(18)14(11)17)20-13(21)9-22-19-8-10-4-2-1-3-5-10/h1-8H,9H2,(H,20,21)/b19-8-. The molecule has 0 aliphatic carbocycles. The maximum Gasteiger partial charge on any atom is 0.265 e. The van der Waals surface area contributed by atoms with Gasteiger partial charge in [0.05, 0.1) is 11.9 Å². The first-order valence-electron chi connectivity index (χ1n) is 6.21. The number of rotatable bonds is 5. The number of nitrogens with zero attached hydrogens (tertiary/aromatic N) is 1. The smallest absolute Gasteiger partial charge is 0.265 e. The largest absolute Gasteiger partial charge is 0.386 e. The Morgan fingerprint density at radius 2 is 1.82 bits per heavy atom. The highest BCUT2D eigenvalue weighted by atomic mass is 19.2. The molecule has 22 heavy (non-hydrogen) atoms. The molecule has 114 valence electrons. The van der Waals surface area contributed by atoms with Gasteiger partial charge in [0, 0.05) is 0 Å². The minimum absolute atomic E-state index is 0.473. The van der Waals surface area contributed by atoms with Crippen molar-refractivity contribution in [2.24, 2.45) is 5.16 Å². The summed E-state index contributed by atoms with van der Waals surface area (Å²) in [6.45, 7) is -0.498. The first-order chi connectivity index (χ1) is 10.6. The van der Waals surface area contributed by atoms with Crippen LogP contribution in [0.15, 0.2) is 47.6 Å². The first kappa shape index (κ1) is 15.6. The normalized spacial score (nSPS) is 10.7. The molecule has 0 spiro atoms. The Kier molecular flexibility index (Phi) is 5.13. The minimum Gasteiger partial charge on any atom is -0.386 e. The van der Waals surface area contributed by atoms with E-state index in [-0.39, 0.29) is 0 Å². The van der Waals surface area contributed by atoms with Crippen molar-refractivity contribution in [3.05, 3.63) is 65.5 Å². The molecule has 0 radical (unpaired) electrons. The highest BCUT2D eigenvalue weighted by Crippen LogP contribution is 2.19. The molecule has 1 amide bonds. The number of benzene rings is 2. The Bertz CT molecular complexity index is 691. The number of hydrogen-bond donors (Lipinski definition) is 1. The predicted molar refractivity (Wildman–Crippen MR) is 74.9 cm³/mol. The molecule has 0 atom stereocenters. The van der Waals surface area contributed by atoms with Crippen LogP contribution in [0.5, 0.6) is 0 Å². The lowest BCUT2D eigenvalue weighted by atomic mass is 10.2. The van der Waals surface area contributed by atoms with Crippen molar-refractivity contribution < 1.29 is 22.8 Å². The van der Waals surface area contributed by atoms with E-state index < -0.39 is 35.7 Å². The summed E-state index contributed by atoms with van der Waals surface area (Å²) in [6, 6.07) is 10.6. The van der Waals surface area contributed by atoms with Crippen LogP contribution in [0.2, 0.25) is 0 Å². The Morgan fingerprint density at radius 3 is 2.55 bits per heavy atom. The van der Waals surface area contributed by atoms with E-state index in [1.807, 2.05) is 6.07 Å². The van der Waals surface area contributed by atoms with Crippen LogP contribution >= 0.6 is 0 Å². The van der Waals surface area contributed by atoms with Crippen LogP contribution in [-0.2, 0) is 9.63 Å². The van der Waals surface area contributed by atoms with E-state index in [4.69, 9.17) is 4.84 Å². The lowest BCUT2D eigenvalue weighted by Gasteiger charge is -2.06. The molecule has 0 aliphatic heterocycles. The first-order valence-corrected chi connectivity index (χ1v) is 6.21. The zero-order chi connectivity index (χ0) is 15.9. The Labute approximate surface area is 124 Å². The zero-order valence-electron chi connectivity index (χ0n) is 11.2. The monoisotopic (exact) mass is 308 g/mol. The van der Waals surface area contributed by atoms with Gasteiger partial charge < -0.3 is 10.2 Å². The molecular formula is C15H11F3N2O2. The number of amides is 1. The van der Waals surface area contributed by atoms with E-state index in [0.29, 0.717) is 6.07 Å². The third kappa shape index (κ3) is 4.08. The maximum absolute atomic E-state index is 13.3. The van der Waals surface area contributed by atoms with Crippen LogP contribution in [0.3, 0.4) is 0 Å². The quantitative estimate of drug-likeness (QED) is 0.524. The van der Waals surface area contributed by atoms with E-state index in [2.05, 4.69) is 10.5 Å². The van der Waals surface area contributed by atoms with Crippen molar-refractivity contribution in [2.45, 2.75) is 0 Å². The maximum atomic E-state index is 13.3. The third-order valence-electron chi connectivity index (χ3n) is 2.58. The van der Waals surface area contributed by atoms with Gasteiger partial charge >= 0.3 is 0 Å². The molecule has 2 rings (SSSR count). The van der Waals surface area contributed by atoms with Gasteiger partial charge in [0.2, 0.25) is 0 Å². The van der Waals surface area contributed by atoms with Crippen LogP contribution in [0.1, 0.15) is 5.56 Å². The van der Waals surface area contributed by atoms with Crippen LogP contribution < -0.4 is 5.32 Å². The molecule has 0 aromatic heterocycles. The van der Waals surface area contributed by atoms with Crippen molar-refractivity contribution in [3.8, 4) is 0 Å². The SMILES string of the molecule is O=C(CO/N=C\c1ccccc1)Nc1ccc(F)c(F)c1F. The highest BCUT2D eigenvalue weighted by Gasteiger charge is 2.15. The molecular weight excluding hydrogens is 297 g/mol. The second-order valence-corrected chi connectivity index (χ2v) is 4.19. The van der Waals surface area contributed by atoms with Gasteiger partial charge in [-0.25, -0.2) is 13.2 Å². The summed E-state index contributed by atoms with van der Waals surface area (Å²) in [5.41, 5.74) is 0.300. The van der Waals surface area contributed by atoms with Gasteiger partial charge in [0.25, 0.3) is 5.91 Å². The third-order valence-corrected chi connectivity index (χ3v) is 2.58. The summed E-state index contributed by atoms with van der Waals surface area (Å²) in [4.78, 5) is 16.2. The average Bonchev–Trinajstić information content (AvgIpc) is 2.53. The van der Waals surface area contributed by atoms with Gasteiger partial charge in [-0.2, -0.15) is 0 Å². The molecule has 0 heterocycles. The molecule has 4 nitrogen and oxygen atoms in total. The minimum atomic E-state index is -1.65. The Balaban J connectivity index is 1.86. The van der Waals surface area contributed by atoms with E-state index in [1.54, 1.807) is 24.3 Å². The molecule has 7 heteroatoms. The number of nitrogens with one attached hydrogen (secondary N) is 1. The van der Waals surface area contributed by atoms with Gasteiger partial charge in [-0.3, -0.25) is 4.79 Å². The van der Waals surface area contributed by atoms with Gasteiger partial charge in [0.1, 0.15) is 0 Å². The fraction of sp³-hybridized carbons (Fsp3) is 0.0667. The van der Waals surface area contributed by atoms with Gasteiger partial charge in [-0.1, -0.05) is 35.5 Å². The van der Waals surface area contributed by atoms with Crippen LogP contribution in [-0.4, -0.2) is 18.7 Å². The molecule has 0 aliphatic rings. The zero-order valence-corrected chi connectivity index (χ0v) is 11.2. The fourth-order valence-corrected chi connectivity index (χ4v) is 1.54. The number of hydrogen-bond acceptors (Lipinski definition) is 3. The molecule has 0 fully saturated rings. The predicted octanol–water partition coefficient (Wildman–Crippen LogP) is 3.09. The van der Waals surface area contributed by atoms with Crippen molar-refractivity contribution >= 4 is 17.8 Å². The summed E-state index contributed by atoms with van der Waals surface area (Å²) in [6.07, 6.45) is 1.39. The van der Waals surface area contributed by atoms with Gasteiger partial charge in [-0.15, -0.1) is 0 Å². The van der Waals surface area contributed by atoms with Crippen molar-refractivity contribution in [3.63, 3.8) is 0 Å². The van der Waals surface area contributed by atoms with Crippen LogP contribution in [0, 0.1) is 17.5 Å². The summed E-state index contributed by atoms with van der Waals surface area (Å²) >= 11 is 0. The van der Waals surface area contributed by atoms with E-state index in [1.165, 1.54) is 6.21 Å². The molecule has 0 unspecified atom stereocenters. The van der Waals surface area contributed by atoms with E-state index >= 15 is 0 Å². The molecule has 0 saturated carbocycles. The highest BCUT2D eigenvalue weighted by molar-refractivity contribution is 5.91. The number of halogens is 3. The van der Waals surface area contributed by atoms with Crippen molar-refractivity contribution in [1.82, 2.24) is 0 Å². The average molecular weight is 308 g/mol. The molecule has 2 aromatic carbocycles. The summed E-state index contributed by atoms with van der Waals surface area (Å²) in [7, 11) is 0. The number of oxime groups is 1. The lowest BCUT2D eigenvalue weighted by Crippen LogP contribution is -2.18. The van der Waals surface area contributed by atoms with E-state index in [9.17, 15) is 18.0 Å². The Hall–Kier alpha value is -2.83. The summed E-state index contributed by atoms with van der Waals surface area (Å²) in [5, 5.41) is 5.62. The number of anilines is 1. The number of carbonyl (C=O) groups excluding carboxylic acids is 1. The van der Waals surface area contributed by atoms with Crippen molar-refractivity contribution in [1.29, 1.82) is 0 Å². The van der Waals surface area contributed by atoms with Crippen LogP contribution in [0.4, 0.5) is 18.9 Å². The van der Waals surface area contributed by atoms with E-state index in [0.717, 1.165) is 11.6 Å². The van der Waals surface area contributed by atoms with Crippen LogP contribution in [0.25, 0.3) is 0 Å².